The maximum absolute atomic E-state index is 12.1. The van der Waals surface area contributed by atoms with Crippen molar-refractivity contribution in [2.24, 2.45) is 0 Å². The molecule has 0 amide bonds. The molecule has 2 saturated heterocycles. The second-order valence-electron chi connectivity index (χ2n) is 8.91. The molecule has 0 aromatic heterocycles. The molecule has 2 fully saturated rings. The number of rotatable bonds is 16. The van der Waals surface area contributed by atoms with E-state index in [0.717, 1.165) is 26.1 Å². The van der Waals surface area contributed by atoms with Crippen LogP contribution in [0.2, 0.25) is 0 Å². The van der Waals surface area contributed by atoms with Crippen LogP contribution < -0.4 is 0 Å². The van der Waals surface area contributed by atoms with Crippen LogP contribution in [0.15, 0.2) is 0 Å². The summed E-state index contributed by atoms with van der Waals surface area (Å²) in [6.45, 7) is 11.3. The molecule has 29 heavy (non-hydrogen) atoms. The van der Waals surface area contributed by atoms with Gasteiger partial charge in [-0.25, -0.2) is 0 Å². The van der Waals surface area contributed by atoms with Crippen LogP contribution in [0, 0.1) is 0 Å². The molecular weight excluding hydrogens is 380 g/mol. The fraction of sp³-hybridized carbons (Fsp3) is 0.905. The largest absolute Gasteiger partial charge is 0.459 e. The zero-order valence-electron chi connectivity index (χ0n) is 18.2. The first-order valence-corrected chi connectivity index (χ1v) is 10.5. The summed E-state index contributed by atoms with van der Waals surface area (Å²) >= 11 is 0. The predicted molar refractivity (Wildman–Crippen MR) is 105 cm³/mol. The van der Waals surface area contributed by atoms with Crippen LogP contribution in [0.4, 0.5) is 0 Å². The molecule has 8 heteroatoms. The van der Waals surface area contributed by atoms with E-state index >= 15 is 0 Å². The maximum atomic E-state index is 12.1. The van der Waals surface area contributed by atoms with Crippen molar-refractivity contribution < 1.29 is 38.0 Å². The van der Waals surface area contributed by atoms with Gasteiger partial charge in [-0.05, 0) is 53.4 Å². The average Bonchev–Trinajstić information content (AvgIpc) is 3.47. The van der Waals surface area contributed by atoms with E-state index in [9.17, 15) is 9.59 Å². The Morgan fingerprint density at radius 1 is 0.793 bits per heavy atom. The molecule has 0 aliphatic carbocycles. The fourth-order valence-corrected chi connectivity index (χ4v) is 2.87. The third-order valence-electron chi connectivity index (χ3n) is 4.62. The van der Waals surface area contributed by atoms with Gasteiger partial charge in [0, 0.05) is 13.2 Å². The Balaban J connectivity index is 1.54. The zero-order valence-corrected chi connectivity index (χ0v) is 18.2. The monoisotopic (exact) mass is 416 g/mol. The van der Waals surface area contributed by atoms with Gasteiger partial charge in [0.25, 0.3) is 0 Å². The molecule has 0 saturated carbocycles. The van der Waals surface area contributed by atoms with Crippen LogP contribution in [0.5, 0.6) is 0 Å². The number of hydrogen-bond donors (Lipinski definition) is 0. The molecule has 2 unspecified atom stereocenters. The van der Waals surface area contributed by atoms with Crippen LogP contribution in [0.3, 0.4) is 0 Å². The van der Waals surface area contributed by atoms with E-state index in [1.54, 1.807) is 0 Å². The van der Waals surface area contributed by atoms with Crippen molar-refractivity contribution in [2.45, 2.75) is 83.2 Å². The molecule has 0 N–H and O–H groups in total. The minimum Gasteiger partial charge on any atom is -0.459 e. The van der Waals surface area contributed by atoms with Crippen LogP contribution in [-0.2, 0) is 38.0 Å². The minimum atomic E-state index is -0.658. The molecule has 2 aliphatic heterocycles. The molecule has 2 aliphatic rings. The second kappa shape index (κ2) is 11.2. The smallest absolute Gasteiger partial charge is 0.317 e. The quantitative estimate of drug-likeness (QED) is 0.164. The van der Waals surface area contributed by atoms with Crippen molar-refractivity contribution in [3.05, 3.63) is 0 Å². The highest BCUT2D eigenvalue weighted by atomic mass is 16.6. The Kier molecular flexibility index (Phi) is 9.33. The van der Waals surface area contributed by atoms with Crippen LogP contribution in [-0.4, -0.2) is 75.0 Å². The first-order chi connectivity index (χ1) is 13.7. The fourth-order valence-electron chi connectivity index (χ4n) is 2.87. The summed E-state index contributed by atoms with van der Waals surface area (Å²) in [6, 6.07) is 0. The second-order valence-corrected chi connectivity index (χ2v) is 8.91. The van der Waals surface area contributed by atoms with Crippen molar-refractivity contribution in [1.29, 1.82) is 0 Å². The van der Waals surface area contributed by atoms with E-state index < -0.39 is 29.6 Å². The SMILES string of the molecule is CC(C)(CCCOCC1CO1)OC(=O)CC(=O)OC(C)(C)CCCOCC1CO1. The van der Waals surface area contributed by atoms with Crippen LogP contribution in [0.1, 0.15) is 59.8 Å². The number of carbonyl (C=O) groups is 2. The van der Waals surface area contributed by atoms with Crippen molar-refractivity contribution in [3.8, 4) is 0 Å². The highest BCUT2D eigenvalue weighted by Crippen LogP contribution is 2.21. The lowest BCUT2D eigenvalue weighted by Gasteiger charge is -2.27. The summed E-state index contributed by atoms with van der Waals surface area (Å²) < 4.78 is 32.0. The number of ether oxygens (including phenoxy) is 6. The van der Waals surface area contributed by atoms with Crippen molar-refractivity contribution in [1.82, 2.24) is 0 Å². The average molecular weight is 417 g/mol. The predicted octanol–water partition coefficient (Wildman–Crippen LogP) is 2.41. The van der Waals surface area contributed by atoms with E-state index in [2.05, 4.69) is 0 Å². The van der Waals surface area contributed by atoms with Gasteiger partial charge in [0.05, 0.1) is 26.4 Å². The Labute approximate surface area is 173 Å². The lowest BCUT2D eigenvalue weighted by Crippen LogP contribution is -2.32. The summed E-state index contributed by atoms with van der Waals surface area (Å²) in [4.78, 5) is 24.2. The van der Waals surface area contributed by atoms with Gasteiger partial charge in [0.1, 0.15) is 29.8 Å². The summed E-state index contributed by atoms with van der Waals surface area (Å²) in [5.74, 6) is -1.15. The molecule has 0 aromatic carbocycles. The Hall–Kier alpha value is -1.22. The minimum absolute atomic E-state index is 0.251. The highest BCUT2D eigenvalue weighted by molar-refractivity contribution is 5.91. The third kappa shape index (κ3) is 12.2. The molecule has 2 rings (SSSR count). The Morgan fingerprint density at radius 2 is 1.17 bits per heavy atom. The van der Waals surface area contributed by atoms with E-state index in [0.29, 0.717) is 39.3 Å². The number of esters is 2. The molecule has 0 radical (unpaired) electrons. The van der Waals surface area contributed by atoms with Gasteiger partial charge in [0.2, 0.25) is 0 Å². The summed E-state index contributed by atoms with van der Waals surface area (Å²) in [5, 5.41) is 0. The van der Waals surface area contributed by atoms with E-state index in [4.69, 9.17) is 28.4 Å². The van der Waals surface area contributed by atoms with Crippen molar-refractivity contribution >= 4 is 11.9 Å². The lowest BCUT2D eigenvalue weighted by molar-refractivity contribution is -0.169. The van der Waals surface area contributed by atoms with Gasteiger partial charge in [-0.1, -0.05) is 0 Å². The van der Waals surface area contributed by atoms with E-state index in [1.807, 2.05) is 27.7 Å². The Morgan fingerprint density at radius 3 is 1.52 bits per heavy atom. The molecule has 0 spiro atoms. The number of epoxide rings is 2. The Bertz CT molecular complexity index is 477. The zero-order chi connectivity index (χ0) is 21.3. The molecule has 0 aromatic rings. The van der Waals surface area contributed by atoms with Gasteiger partial charge in [-0.3, -0.25) is 9.59 Å². The summed E-state index contributed by atoms with van der Waals surface area (Å²) in [7, 11) is 0. The summed E-state index contributed by atoms with van der Waals surface area (Å²) in [6.07, 6.45) is 2.94. The standard InChI is InChI=1S/C21H36O8/c1-20(2,7-5-9-24-12-16-14-26-16)28-18(22)11-19(23)29-21(3,4)8-6-10-25-13-17-15-27-17/h16-17H,5-15H2,1-4H3. The van der Waals surface area contributed by atoms with E-state index in [1.165, 1.54) is 0 Å². The van der Waals surface area contributed by atoms with Crippen molar-refractivity contribution in [2.75, 3.05) is 39.6 Å². The normalized spacial score (nSPS) is 21.0. The molecule has 168 valence electrons. The topological polar surface area (TPSA) is 96.1 Å². The molecule has 2 atom stereocenters. The van der Waals surface area contributed by atoms with Gasteiger partial charge < -0.3 is 28.4 Å². The molecule has 0 bridgehead atoms. The van der Waals surface area contributed by atoms with Gasteiger partial charge in [-0.15, -0.1) is 0 Å². The van der Waals surface area contributed by atoms with Crippen LogP contribution in [0.25, 0.3) is 0 Å². The third-order valence-corrected chi connectivity index (χ3v) is 4.62. The molecule has 2 heterocycles. The van der Waals surface area contributed by atoms with Gasteiger partial charge in [-0.2, -0.15) is 0 Å². The first kappa shape index (κ1) is 24.1. The summed E-state index contributed by atoms with van der Waals surface area (Å²) in [5.41, 5.74) is -1.32. The lowest BCUT2D eigenvalue weighted by atomic mass is 10.0. The first-order valence-electron chi connectivity index (χ1n) is 10.5. The van der Waals surface area contributed by atoms with Gasteiger partial charge >= 0.3 is 11.9 Å². The van der Waals surface area contributed by atoms with Crippen molar-refractivity contribution in [3.63, 3.8) is 0 Å². The highest BCUT2D eigenvalue weighted by Gasteiger charge is 2.28. The maximum Gasteiger partial charge on any atom is 0.317 e. The number of carbonyl (C=O) groups excluding carboxylic acids is 2. The van der Waals surface area contributed by atoms with Gasteiger partial charge in [0.15, 0.2) is 0 Å². The van der Waals surface area contributed by atoms with Crippen LogP contribution >= 0.6 is 0 Å². The molecule has 8 nitrogen and oxygen atoms in total. The van der Waals surface area contributed by atoms with E-state index in [-0.39, 0.29) is 12.2 Å². The number of hydrogen-bond acceptors (Lipinski definition) is 8. The molecular formula is C21H36O8.